The molecule has 0 radical (unpaired) electrons. The zero-order valence-electron chi connectivity index (χ0n) is 11.0. The summed E-state index contributed by atoms with van der Waals surface area (Å²) in [7, 11) is 0. The molecule has 90 valence electrons. The van der Waals surface area contributed by atoms with Crippen LogP contribution in [-0.2, 0) is 9.53 Å². The minimum Gasteiger partial charge on any atom is -0.366 e. The average Bonchev–Trinajstić information content (AvgIpc) is 2.14. The molecule has 0 heterocycles. The van der Waals surface area contributed by atoms with Gasteiger partial charge in [-0.15, -0.1) is 0 Å². The maximum absolute atomic E-state index is 11.8. The molecule has 0 saturated carbocycles. The van der Waals surface area contributed by atoms with Crippen molar-refractivity contribution in [3.63, 3.8) is 0 Å². The molecule has 0 aliphatic carbocycles. The molecule has 0 aromatic rings. The Balaban J connectivity index is 4.17. The van der Waals surface area contributed by atoms with Gasteiger partial charge in [-0.05, 0) is 41.0 Å². The van der Waals surface area contributed by atoms with Gasteiger partial charge >= 0.3 is 0 Å². The number of rotatable bonds is 5. The SMILES string of the molecule is CCC(C)N(CC)C(=O)COC(C)(C)C. The van der Waals surface area contributed by atoms with E-state index >= 15 is 0 Å². The van der Waals surface area contributed by atoms with Gasteiger partial charge in [0.05, 0.1) is 5.60 Å². The quantitative estimate of drug-likeness (QED) is 0.705. The van der Waals surface area contributed by atoms with Crippen LogP contribution in [0.1, 0.15) is 48.0 Å². The Morgan fingerprint density at radius 2 is 1.87 bits per heavy atom. The predicted molar refractivity (Wildman–Crippen MR) is 62.8 cm³/mol. The van der Waals surface area contributed by atoms with Gasteiger partial charge in [-0.3, -0.25) is 4.79 Å². The summed E-state index contributed by atoms with van der Waals surface area (Å²) in [4.78, 5) is 13.7. The van der Waals surface area contributed by atoms with Crippen molar-refractivity contribution >= 4 is 5.91 Å². The summed E-state index contributed by atoms with van der Waals surface area (Å²) >= 11 is 0. The van der Waals surface area contributed by atoms with Crippen LogP contribution in [0.4, 0.5) is 0 Å². The van der Waals surface area contributed by atoms with Gasteiger partial charge in [0.1, 0.15) is 6.61 Å². The summed E-state index contributed by atoms with van der Waals surface area (Å²) in [5.41, 5.74) is -0.246. The van der Waals surface area contributed by atoms with E-state index < -0.39 is 0 Å². The van der Waals surface area contributed by atoms with Crippen LogP contribution in [0.2, 0.25) is 0 Å². The normalized spacial score (nSPS) is 13.7. The van der Waals surface area contributed by atoms with E-state index in [1.54, 1.807) is 0 Å². The second-order valence-electron chi connectivity index (χ2n) is 4.84. The Kier molecular flexibility index (Phi) is 5.88. The standard InChI is InChI=1S/C12H25NO2/c1-7-10(3)13(8-2)11(14)9-15-12(4,5)6/h10H,7-9H2,1-6H3. The molecule has 0 spiro atoms. The van der Waals surface area contributed by atoms with Gasteiger partial charge < -0.3 is 9.64 Å². The van der Waals surface area contributed by atoms with Crippen molar-refractivity contribution in [1.82, 2.24) is 4.90 Å². The maximum atomic E-state index is 11.8. The highest BCUT2D eigenvalue weighted by atomic mass is 16.5. The Hall–Kier alpha value is -0.570. The molecule has 0 aliphatic heterocycles. The van der Waals surface area contributed by atoms with E-state index in [1.807, 2.05) is 32.6 Å². The predicted octanol–water partition coefficient (Wildman–Crippen LogP) is 2.45. The second-order valence-corrected chi connectivity index (χ2v) is 4.84. The third-order valence-electron chi connectivity index (χ3n) is 2.41. The van der Waals surface area contributed by atoms with Crippen LogP contribution < -0.4 is 0 Å². The first-order chi connectivity index (χ1) is 6.81. The number of hydrogen-bond acceptors (Lipinski definition) is 2. The molecule has 0 aromatic carbocycles. The highest BCUT2D eigenvalue weighted by Gasteiger charge is 2.19. The van der Waals surface area contributed by atoms with E-state index in [4.69, 9.17) is 4.74 Å². The Morgan fingerprint density at radius 1 is 1.33 bits per heavy atom. The number of hydrogen-bond donors (Lipinski definition) is 0. The van der Waals surface area contributed by atoms with E-state index in [0.29, 0.717) is 6.04 Å². The van der Waals surface area contributed by atoms with E-state index in [9.17, 15) is 4.79 Å². The van der Waals surface area contributed by atoms with Crippen LogP contribution in [0.3, 0.4) is 0 Å². The molecule has 0 N–H and O–H groups in total. The van der Waals surface area contributed by atoms with E-state index in [1.165, 1.54) is 0 Å². The Labute approximate surface area is 93.8 Å². The van der Waals surface area contributed by atoms with Crippen LogP contribution in [0.15, 0.2) is 0 Å². The molecule has 1 amide bonds. The molecular formula is C12H25NO2. The fourth-order valence-corrected chi connectivity index (χ4v) is 1.32. The van der Waals surface area contributed by atoms with Gasteiger partial charge in [0.2, 0.25) is 5.91 Å². The highest BCUT2D eigenvalue weighted by molar-refractivity contribution is 5.77. The summed E-state index contributed by atoms with van der Waals surface area (Å²) in [6.45, 7) is 13.0. The van der Waals surface area contributed by atoms with Crippen LogP contribution in [0.5, 0.6) is 0 Å². The van der Waals surface area contributed by atoms with E-state index in [2.05, 4.69) is 13.8 Å². The number of likely N-dealkylation sites (N-methyl/N-ethyl adjacent to an activating group) is 1. The fourth-order valence-electron chi connectivity index (χ4n) is 1.32. The lowest BCUT2D eigenvalue weighted by Crippen LogP contribution is -2.41. The monoisotopic (exact) mass is 215 g/mol. The Bertz CT molecular complexity index is 196. The van der Waals surface area contributed by atoms with Crippen LogP contribution in [0, 0.1) is 0 Å². The number of carbonyl (C=O) groups excluding carboxylic acids is 1. The van der Waals surface area contributed by atoms with E-state index in [0.717, 1.165) is 13.0 Å². The van der Waals surface area contributed by atoms with Crippen molar-refractivity contribution < 1.29 is 9.53 Å². The van der Waals surface area contributed by atoms with Crippen molar-refractivity contribution in [1.29, 1.82) is 0 Å². The second kappa shape index (κ2) is 6.11. The first-order valence-electron chi connectivity index (χ1n) is 5.75. The summed E-state index contributed by atoms with van der Waals surface area (Å²) in [5.74, 6) is 0.0850. The molecule has 1 unspecified atom stereocenters. The first-order valence-corrected chi connectivity index (χ1v) is 5.75. The molecule has 0 aliphatic rings. The summed E-state index contributed by atoms with van der Waals surface area (Å²) in [6.07, 6.45) is 0.981. The molecule has 15 heavy (non-hydrogen) atoms. The van der Waals surface area contributed by atoms with Crippen molar-refractivity contribution in [3.8, 4) is 0 Å². The molecule has 0 fully saturated rings. The van der Waals surface area contributed by atoms with Crippen molar-refractivity contribution in [3.05, 3.63) is 0 Å². The smallest absolute Gasteiger partial charge is 0.248 e. The lowest BCUT2D eigenvalue weighted by Gasteiger charge is -2.29. The van der Waals surface area contributed by atoms with Crippen LogP contribution in [0.25, 0.3) is 0 Å². The fraction of sp³-hybridized carbons (Fsp3) is 0.917. The van der Waals surface area contributed by atoms with Crippen LogP contribution >= 0.6 is 0 Å². The number of nitrogens with zero attached hydrogens (tertiary/aromatic N) is 1. The van der Waals surface area contributed by atoms with E-state index in [-0.39, 0.29) is 18.1 Å². The zero-order chi connectivity index (χ0) is 12.1. The molecule has 0 bridgehead atoms. The molecule has 3 nitrogen and oxygen atoms in total. The highest BCUT2D eigenvalue weighted by Crippen LogP contribution is 2.09. The molecule has 3 heteroatoms. The minimum atomic E-state index is -0.246. The lowest BCUT2D eigenvalue weighted by atomic mass is 10.2. The number of amides is 1. The van der Waals surface area contributed by atoms with Crippen molar-refractivity contribution in [2.75, 3.05) is 13.2 Å². The topological polar surface area (TPSA) is 29.5 Å². The van der Waals surface area contributed by atoms with Gasteiger partial charge in [0, 0.05) is 12.6 Å². The van der Waals surface area contributed by atoms with Crippen molar-refractivity contribution in [2.45, 2.75) is 59.6 Å². The van der Waals surface area contributed by atoms with Crippen molar-refractivity contribution in [2.24, 2.45) is 0 Å². The summed E-state index contributed by atoms with van der Waals surface area (Å²) in [6, 6.07) is 0.297. The van der Waals surface area contributed by atoms with Crippen LogP contribution in [-0.4, -0.2) is 35.6 Å². The first kappa shape index (κ1) is 14.4. The number of ether oxygens (including phenoxy) is 1. The lowest BCUT2D eigenvalue weighted by molar-refractivity contribution is -0.142. The molecular weight excluding hydrogens is 190 g/mol. The largest absolute Gasteiger partial charge is 0.366 e. The number of carbonyl (C=O) groups is 1. The average molecular weight is 215 g/mol. The maximum Gasteiger partial charge on any atom is 0.248 e. The molecule has 1 atom stereocenters. The van der Waals surface area contributed by atoms with Gasteiger partial charge in [-0.2, -0.15) is 0 Å². The summed E-state index contributed by atoms with van der Waals surface area (Å²) in [5, 5.41) is 0. The van der Waals surface area contributed by atoms with Gasteiger partial charge in [0.25, 0.3) is 0 Å². The van der Waals surface area contributed by atoms with Gasteiger partial charge in [0.15, 0.2) is 0 Å². The molecule has 0 saturated heterocycles. The summed E-state index contributed by atoms with van der Waals surface area (Å²) < 4.78 is 5.48. The zero-order valence-corrected chi connectivity index (χ0v) is 11.0. The van der Waals surface area contributed by atoms with Gasteiger partial charge in [-0.25, -0.2) is 0 Å². The third kappa shape index (κ3) is 5.78. The van der Waals surface area contributed by atoms with Gasteiger partial charge in [-0.1, -0.05) is 6.92 Å². The third-order valence-corrected chi connectivity index (χ3v) is 2.41. The Morgan fingerprint density at radius 3 is 2.20 bits per heavy atom. The molecule has 0 rings (SSSR count). The minimum absolute atomic E-state index is 0.0850. The molecule has 0 aromatic heterocycles.